The molecule has 1 atom stereocenters. The van der Waals surface area contributed by atoms with Crippen LogP contribution in [-0.2, 0) is 9.59 Å². The molecule has 0 aromatic carbocycles. The van der Waals surface area contributed by atoms with Crippen LogP contribution in [0, 0.1) is 5.92 Å². The maximum absolute atomic E-state index is 12.3. The van der Waals surface area contributed by atoms with E-state index in [1.807, 2.05) is 18.9 Å². The second-order valence-electron chi connectivity index (χ2n) is 6.26. The molecule has 0 aromatic heterocycles. The molecule has 1 aliphatic carbocycles. The van der Waals surface area contributed by atoms with Crippen LogP contribution in [0.1, 0.15) is 51.9 Å². The molecule has 21 heavy (non-hydrogen) atoms. The SMILES string of the molecule is CCC(CN)CC(=O)N(C)CC(=O)N(C)C1CCCCC1. The molecule has 1 fully saturated rings. The molecule has 0 radical (unpaired) electrons. The van der Waals surface area contributed by atoms with E-state index < -0.39 is 0 Å². The number of hydrogen-bond donors (Lipinski definition) is 1. The molecular formula is C16H31N3O2. The van der Waals surface area contributed by atoms with Crippen LogP contribution >= 0.6 is 0 Å². The molecule has 5 nitrogen and oxygen atoms in total. The van der Waals surface area contributed by atoms with Gasteiger partial charge in [-0.1, -0.05) is 32.6 Å². The van der Waals surface area contributed by atoms with Crippen LogP contribution in [0.4, 0.5) is 0 Å². The van der Waals surface area contributed by atoms with Gasteiger partial charge in [-0.05, 0) is 25.3 Å². The fourth-order valence-electron chi connectivity index (χ4n) is 2.87. The average molecular weight is 297 g/mol. The molecular weight excluding hydrogens is 266 g/mol. The zero-order valence-electron chi connectivity index (χ0n) is 13.8. The van der Waals surface area contributed by atoms with Crippen molar-refractivity contribution >= 4 is 11.8 Å². The van der Waals surface area contributed by atoms with Crippen molar-refractivity contribution in [2.75, 3.05) is 27.2 Å². The van der Waals surface area contributed by atoms with Crippen molar-refractivity contribution in [3.63, 3.8) is 0 Å². The summed E-state index contributed by atoms with van der Waals surface area (Å²) in [6.45, 7) is 2.73. The number of nitrogens with two attached hydrogens (primary N) is 1. The minimum absolute atomic E-state index is 0.0118. The lowest BCUT2D eigenvalue weighted by Crippen LogP contribution is -2.44. The molecule has 0 bridgehead atoms. The monoisotopic (exact) mass is 297 g/mol. The standard InChI is InChI=1S/C16H31N3O2/c1-4-13(11-17)10-15(20)18(2)12-16(21)19(3)14-8-6-5-7-9-14/h13-14H,4-12,17H2,1-3H3. The first-order valence-electron chi connectivity index (χ1n) is 8.19. The summed E-state index contributed by atoms with van der Waals surface area (Å²) in [4.78, 5) is 27.8. The van der Waals surface area contributed by atoms with E-state index in [0.29, 0.717) is 19.0 Å². The number of carbonyl (C=O) groups excluding carboxylic acids is 2. The number of nitrogens with zero attached hydrogens (tertiary/aromatic N) is 2. The Morgan fingerprint density at radius 3 is 2.29 bits per heavy atom. The molecule has 1 rings (SSSR count). The van der Waals surface area contributed by atoms with Gasteiger partial charge in [0.15, 0.2) is 0 Å². The van der Waals surface area contributed by atoms with Gasteiger partial charge in [0, 0.05) is 26.6 Å². The van der Waals surface area contributed by atoms with E-state index in [1.54, 1.807) is 11.9 Å². The molecule has 0 spiro atoms. The Morgan fingerprint density at radius 1 is 1.14 bits per heavy atom. The first kappa shape index (κ1) is 18.0. The molecule has 0 aliphatic heterocycles. The third-order valence-electron chi connectivity index (χ3n) is 4.69. The Morgan fingerprint density at radius 2 is 1.76 bits per heavy atom. The Labute approximate surface area is 128 Å². The quantitative estimate of drug-likeness (QED) is 0.776. The van der Waals surface area contributed by atoms with Crippen molar-refractivity contribution in [1.29, 1.82) is 0 Å². The molecule has 0 saturated heterocycles. The summed E-state index contributed by atoms with van der Waals surface area (Å²) in [5.74, 6) is 0.266. The Hall–Kier alpha value is -1.10. The lowest BCUT2D eigenvalue weighted by molar-refractivity contribution is -0.140. The summed E-state index contributed by atoms with van der Waals surface area (Å²) < 4.78 is 0. The topological polar surface area (TPSA) is 66.6 Å². The van der Waals surface area contributed by atoms with E-state index in [9.17, 15) is 9.59 Å². The van der Waals surface area contributed by atoms with Crippen LogP contribution in [0.25, 0.3) is 0 Å². The third-order valence-corrected chi connectivity index (χ3v) is 4.69. The van der Waals surface area contributed by atoms with Crippen molar-refractivity contribution in [2.45, 2.75) is 57.9 Å². The first-order valence-corrected chi connectivity index (χ1v) is 8.19. The molecule has 0 aromatic rings. The van der Waals surface area contributed by atoms with Crippen LogP contribution in [0.2, 0.25) is 0 Å². The number of carbonyl (C=O) groups is 2. The molecule has 1 saturated carbocycles. The number of rotatable bonds is 7. The van der Waals surface area contributed by atoms with E-state index >= 15 is 0 Å². The van der Waals surface area contributed by atoms with Gasteiger partial charge in [0.25, 0.3) is 0 Å². The minimum atomic E-state index is 0.0118. The second kappa shape index (κ2) is 9.03. The van der Waals surface area contributed by atoms with Crippen molar-refractivity contribution in [1.82, 2.24) is 9.80 Å². The molecule has 122 valence electrons. The minimum Gasteiger partial charge on any atom is -0.341 e. The Bertz CT molecular complexity index is 336. The fraction of sp³-hybridized carbons (Fsp3) is 0.875. The van der Waals surface area contributed by atoms with E-state index in [2.05, 4.69) is 0 Å². The third kappa shape index (κ3) is 5.65. The molecule has 1 aliphatic rings. The predicted octanol–water partition coefficient (Wildman–Crippen LogP) is 1.61. The fourth-order valence-corrected chi connectivity index (χ4v) is 2.87. The number of amides is 2. The molecule has 2 amide bonds. The van der Waals surface area contributed by atoms with Gasteiger partial charge in [0.2, 0.25) is 11.8 Å². The van der Waals surface area contributed by atoms with Crippen LogP contribution in [-0.4, -0.2) is 54.8 Å². The van der Waals surface area contributed by atoms with Gasteiger partial charge in [-0.25, -0.2) is 0 Å². The number of hydrogen-bond acceptors (Lipinski definition) is 3. The summed E-state index contributed by atoms with van der Waals surface area (Å²) in [6, 6.07) is 0.349. The van der Waals surface area contributed by atoms with E-state index in [0.717, 1.165) is 19.3 Å². The first-order chi connectivity index (χ1) is 9.99. The predicted molar refractivity (Wildman–Crippen MR) is 84.7 cm³/mol. The van der Waals surface area contributed by atoms with Gasteiger partial charge in [-0.3, -0.25) is 9.59 Å². The highest BCUT2D eigenvalue weighted by Crippen LogP contribution is 2.21. The van der Waals surface area contributed by atoms with E-state index in [-0.39, 0.29) is 24.3 Å². The zero-order chi connectivity index (χ0) is 15.8. The van der Waals surface area contributed by atoms with Gasteiger partial charge >= 0.3 is 0 Å². The Balaban J connectivity index is 2.43. The van der Waals surface area contributed by atoms with Gasteiger partial charge in [-0.15, -0.1) is 0 Å². The van der Waals surface area contributed by atoms with E-state index in [4.69, 9.17) is 5.73 Å². The summed E-state index contributed by atoms with van der Waals surface area (Å²) >= 11 is 0. The highest BCUT2D eigenvalue weighted by molar-refractivity contribution is 5.84. The highest BCUT2D eigenvalue weighted by atomic mass is 16.2. The van der Waals surface area contributed by atoms with Crippen molar-refractivity contribution < 1.29 is 9.59 Å². The van der Waals surface area contributed by atoms with E-state index in [1.165, 1.54) is 19.3 Å². The largest absolute Gasteiger partial charge is 0.341 e. The van der Waals surface area contributed by atoms with Gasteiger partial charge in [-0.2, -0.15) is 0 Å². The smallest absolute Gasteiger partial charge is 0.242 e. The zero-order valence-corrected chi connectivity index (χ0v) is 13.8. The molecule has 5 heteroatoms. The van der Waals surface area contributed by atoms with Crippen LogP contribution in [0.3, 0.4) is 0 Å². The van der Waals surface area contributed by atoms with Crippen LogP contribution < -0.4 is 5.73 Å². The van der Waals surface area contributed by atoms with Crippen molar-refractivity contribution in [3.8, 4) is 0 Å². The lowest BCUT2D eigenvalue weighted by atomic mass is 9.94. The summed E-state index contributed by atoms with van der Waals surface area (Å²) in [7, 11) is 3.57. The maximum Gasteiger partial charge on any atom is 0.242 e. The van der Waals surface area contributed by atoms with Crippen LogP contribution in [0.5, 0.6) is 0 Å². The highest BCUT2D eigenvalue weighted by Gasteiger charge is 2.24. The molecule has 1 unspecified atom stereocenters. The average Bonchev–Trinajstić information content (AvgIpc) is 2.52. The molecule has 2 N–H and O–H groups in total. The summed E-state index contributed by atoms with van der Waals surface area (Å²) in [5.41, 5.74) is 5.63. The maximum atomic E-state index is 12.3. The van der Waals surface area contributed by atoms with Crippen LogP contribution in [0.15, 0.2) is 0 Å². The molecule has 0 heterocycles. The number of likely N-dealkylation sites (N-methyl/N-ethyl adjacent to an activating group) is 2. The summed E-state index contributed by atoms with van der Waals surface area (Å²) in [6.07, 6.45) is 7.18. The van der Waals surface area contributed by atoms with Crippen molar-refractivity contribution in [3.05, 3.63) is 0 Å². The lowest BCUT2D eigenvalue weighted by Gasteiger charge is -2.32. The van der Waals surface area contributed by atoms with Gasteiger partial charge in [0.05, 0.1) is 6.54 Å². The Kier molecular flexibility index (Phi) is 7.72. The normalized spacial score (nSPS) is 17.3. The summed E-state index contributed by atoms with van der Waals surface area (Å²) in [5, 5.41) is 0. The van der Waals surface area contributed by atoms with Crippen molar-refractivity contribution in [2.24, 2.45) is 11.7 Å². The van der Waals surface area contributed by atoms with Gasteiger partial charge in [0.1, 0.15) is 0 Å². The second-order valence-corrected chi connectivity index (χ2v) is 6.26. The van der Waals surface area contributed by atoms with Gasteiger partial charge < -0.3 is 15.5 Å².